The fraction of sp³-hybridized carbons (Fsp3) is 0.818. The number of carbonyl (C=O) groups excluding carboxylic acids is 1. The Hall–Kier alpha value is -0.860. The SMILES string of the molecule is CC(CC(=O)O)C1(C)CCCCC1=O. The van der Waals surface area contributed by atoms with Crippen LogP contribution in [0.5, 0.6) is 0 Å². The van der Waals surface area contributed by atoms with E-state index in [0.29, 0.717) is 6.42 Å². The van der Waals surface area contributed by atoms with Crippen LogP contribution in [0, 0.1) is 11.3 Å². The van der Waals surface area contributed by atoms with Crippen LogP contribution in [0.3, 0.4) is 0 Å². The monoisotopic (exact) mass is 198 g/mol. The average Bonchev–Trinajstić information content (AvgIpc) is 2.09. The van der Waals surface area contributed by atoms with E-state index < -0.39 is 11.4 Å². The van der Waals surface area contributed by atoms with Gasteiger partial charge in [-0.1, -0.05) is 20.3 Å². The lowest BCUT2D eigenvalue weighted by molar-refractivity contribution is -0.141. The third-order valence-electron chi connectivity index (χ3n) is 3.56. The predicted molar refractivity (Wildman–Crippen MR) is 53.0 cm³/mol. The highest BCUT2D eigenvalue weighted by Gasteiger charge is 2.40. The van der Waals surface area contributed by atoms with Gasteiger partial charge in [-0.3, -0.25) is 9.59 Å². The first kappa shape index (κ1) is 11.2. The molecule has 0 radical (unpaired) electrons. The topological polar surface area (TPSA) is 54.4 Å². The number of ketones is 1. The quantitative estimate of drug-likeness (QED) is 0.756. The van der Waals surface area contributed by atoms with Gasteiger partial charge in [-0.2, -0.15) is 0 Å². The minimum atomic E-state index is -0.808. The molecule has 14 heavy (non-hydrogen) atoms. The Morgan fingerprint density at radius 1 is 1.57 bits per heavy atom. The molecule has 1 fully saturated rings. The van der Waals surface area contributed by atoms with Crippen molar-refractivity contribution in [3.8, 4) is 0 Å². The van der Waals surface area contributed by atoms with Gasteiger partial charge in [0.1, 0.15) is 5.78 Å². The Labute approximate surface area is 84.5 Å². The van der Waals surface area contributed by atoms with Crippen molar-refractivity contribution in [2.45, 2.75) is 46.0 Å². The summed E-state index contributed by atoms with van der Waals surface area (Å²) in [5.41, 5.74) is -0.392. The minimum Gasteiger partial charge on any atom is -0.481 e. The zero-order valence-corrected chi connectivity index (χ0v) is 8.88. The van der Waals surface area contributed by atoms with Gasteiger partial charge in [-0.15, -0.1) is 0 Å². The second kappa shape index (κ2) is 4.11. The van der Waals surface area contributed by atoms with Gasteiger partial charge in [-0.05, 0) is 18.8 Å². The van der Waals surface area contributed by atoms with Crippen LogP contribution in [0.1, 0.15) is 46.0 Å². The number of hydrogen-bond acceptors (Lipinski definition) is 2. The van der Waals surface area contributed by atoms with Crippen LogP contribution >= 0.6 is 0 Å². The average molecular weight is 198 g/mol. The van der Waals surface area contributed by atoms with Gasteiger partial charge in [0.15, 0.2) is 0 Å². The molecule has 1 saturated carbocycles. The summed E-state index contributed by atoms with van der Waals surface area (Å²) in [7, 11) is 0. The normalized spacial score (nSPS) is 30.0. The summed E-state index contributed by atoms with van der Waals surface area (Å²) in [5.74, 6) is -0.609. The van der Waals surface area contributed by atoms with E-state index >= 15 is 0 Å². The molecule has 3 nitrogen and oxygen atoms in total. The van der Waals surface area contributed by atoms with Crippen molar-refractivity contribution in [2.24, 2.45) is 11.3 Å². The molecule has 2 unspecified atom stereocenters. The molecule has 1 aliphatic rings. The zero-order chi connectivity index (χ0) is 10.8. The van der Waals surface area contributed by atoms with Crippen LogP contribution in [0.2, 0.25) is 0 Å². The van der Waals surface area contributed by atoms with E-state index in [9.17, 15) is 9.59 Å². The van der Waals surface area contributed by atoms with Crippen LogP contribution < -0.4 is 0 Å². The number of hydrogen-bond donors (Lipinski definition) is 1. The van der Waals surface area contributed by atoms with Crippen LogP contribution in [0.15, 0.2) is 0 Å². The first-order chi connectivity index (χ1) is 6.47. The van der Waals surface area contributed by atoms with Gasteiger partial charge in [0.2, 0.25) is 0 Å². The van der Waals surface area contributed by atoms with Crippen LogP contribution in [0.4, 0.5) is 0 Å². The maximum atomic E-state index is 11.7. The molecule has 0 aliphatic heterocycles. The van der Waals surface area contributed by atoms with Crippen LogP contribution in [0.25, 0.3) is 0 Å². The highest BCUT2D eigenvalue weighted by Crippen LogP contribution is 2.40. The summed E-state index contributed by atoms with van der Waals surface area (Å²) in [6, 6.07) is 0. The molecular formula is C11H18O3. The molecule has 0 aromatic heterocycles. The van der Waals surface area contributed by atoms with E-state index in [2.05, 4.69) is 0 Å². The Bertz CT molecular complexity index is 247. The predicted octanol–water partition coefficient (Wildman–Crippen LogP) is 2.25. The number of Topliss-reactive ketones (excluding diaryl/α,β-unsaturated/α-hetero) is 1. The molecule has 0 spiro atoms. The maximum absolute atomic E-state index is 11.7. The van der Waals surface area contributed by atoms with Gasteiger partial charge < -0.3 is 5.11 Å². The summed E-state index contributed by atoms with van der Waals surface area (Å²) in [4.78, 5) is 22.3. The lowest BCUT2D eigenvalue weighted by atomic mass is 9.66. The molecule has 0 saturated heterocycles. The molecule has 0 amide bonds. The van der Waals surface area contributed by atoms with Gasteiger partial charge >= 0.3 is 5.97 Å². The maximum Gasteiger partial charge on any atom is 0.303 e. The lowest BCUT2D eigenvalue weighted by Gasteiger charge is -2.36. The molecular weight excluding hydrogens is 180 g/mol. The fourth-order valence-corrected chi connectivity index (χ4v) is 2.21. The number of carboxylic acid groups (broad SMARTS) is 1. The van der Waals surface area contributed by atoms with E-state index in [-0.39, 0.29) is 18.1 Å². The number of aliphatic carboxylic acids is 1. The lowest BCUT2D eigenvalue weighted by Crippen LogP contribution is -2.38. The Morgan fingerprint density at radius 2 is 2.21 bits per heavy atom. The summed E-state index contributed by atoms with van der Waals surface area (Å²) in [6.45, 7) is 3.79. The van der Waals surface area contributed by atoms with Crippen molar-refractivity contribution in [1.29, 1.82) is 0 Å². The second-order valence-corrected chi connectivity index (χ2v) is 4.55. The minimum absolute atomic E-state index is 0.0483. The van der Waals surface area contributed by atoms with Crippen LogP contribution in [-0.4, -0.2) is 16.9 Å². The van der Waals surface area contributed by atoms with Crippen LogP contribution in [-0.2, 0) is 9.59 Å². The van der Waals surface area contributed by atoms with E-state index in [4.69, 9.17) is 5.11 Å². The molecule has 0 aromatic rings. The van der Waals surface area contributed by atoms with E-state index in [1.54, 1.807) is 0 Å². The summed E-state index contributed by atoms with van der Waals surface area (Å²) < 4.78 is 0. The third kappa shape index (κ3) is 2.14. The largest absolute Gasteiger partial charge is 0.481 e. The van der Waals surface area contributed by atoms with E-state index in [1.165, 1.54) is 0 Å². The molecule has 1 aliphatic carbocycles. The zero-order valence-electron chi connectivity index (χ0n) is 8.88. The molecule has 0 heterocycles. The number of rotatable bonds is 3. The first-order valence-electron chi connectivity index (χ1n) is 5.22. The molecule has 1 N–H and O–H groups in total. The Kier molecular flexibility index (Phi) is 3.29. The smallest absolute Gasteiger partial charge is 0.303 e. The fourth-order valence-electron chi connectivity index (χ4n) is 2.21. The van der Waals surface area contributed by atoms with Gasteiger partial charge in [0, 0.05) is 18.3 Å². The van der Waals surface area contributed by atoms with Crippen molar-refractivity contribution >= 4 is 11.8 Å². The van der Waals surface area contributed by atoms with Crippen molar-refractivity contribution in [3.63, 3.8) is 0 Å². The Morgan fingerprint density at radius 3 is 2.71 bits per heavy atom. The van der Waals surface area contributed by atoms with E-state index in [0.717, 1.165) is 19.3 Å². The first-order valence-corrected chi connectivity index (χ1v) is 5.22. The highest BCUT2D eigenvalue weighted by molar-refractivity contribution is 5.86. The Balaban J connectivity index is 2.70. The van der Waals surface area contributed by atoms with Gasteiger partial charge in [0.25, 0.3) is 0 Å². The summed E-state index contributed by atoms with van der Waals surface area (Å²) >= 11 is 0. The molecule has 0 bridgehead atoms. The van der Waals surface area contributed by atoms with Crippen molar-refractivity contribution < 1.29 is 14.7 Å². The number of carboxylic acids is 1. The second-order valence-electron chi connectivity index (χ2n) is 4.55. The van der Waals surface area contributed by atoms with Crippen molar-refractivity contribution in [3.05, 3.63) is 0 Å². The molecule has 80 valence electrons. The molecule has 3 heteroatoms. The van der Waals surface area contributed by atoms with E-state index in [1.807, 2.05) is 13.8 Å². The molecule has 0 aromatic carbocycles. The van der Waals surface area contributed by atoms with Crippen molar-refractivity contribution in [2.75, 3.05) is 0 Å². The highest BCUT2D eigenvalue weighted by atomic mass is 16.4. The standard InChI is InChI=1S/C11H18O3/c1-8(7-10(13)14)11(2)6-4-3-5-9(11)12/h8H,3-7H2,1-2H3,(H,13,14). The number of carbonyl (C=O) groups is 2. The molecule has 1 rings (SSSR count). The van der Waals surface area contributed by atoms with Gasteiger partial charge in [-0.25, -0.2) is 0 Å². The third-order valence-corrected chi connectivity index (χ3v) is 3.56. The molecule has 2 atom stereocenters. The van der Waals surface area contributed by atoms with Gasteiger partial charge in [0.05, 0.1) is 0 Å². The summed E-state index contributed by atoms with van der Waals surface area (Å²) in [5, 5.41) is 8.70. The summed E-state index contributed by atoms with van der Waals surface area (Å²) in [6.07, 6.45) is 3.59. The van der Waals surface area contributed by atoms with Crippen molar-refractivity contribution in [1.82, 2.24) is 0 Å².